The number of carbonyl (C=O) groups excluding carboxylic acids is 1. The molecule has 7 nitrogen and oxygen atoms in total. The zero-order valence-corrected chi connectivity index (χ0v) is 14.0. The van der Waals surface area contributed by atoms with Crippen molar-refractivity contribution < 1.29 is 9.32 Å². The van der Waals surface area contributed by atoms with Gasteiger partial charge in [-0.05, 0) is 37.3 Å². The first-order valence-electron chi connectivity index (χ1n) is 8.08. The van der Waals surface area contributed by atoms with E-state index in [1.54, 1.807) is 31.6 Å². The van der Waals surface area contributed by atoms with Gasteiger partial charge in [0.25, 0.3) is 11.6 Å². The minimum atomic E-state index is -0.237. The number of pyridine rings is 3. The number of rotatable bonds is 4. The minimum Gasteiger partial charge on any atom is -0.346 e. The van der Waals surface area contributed by atoms with E-state index in [-0.39, 0.29) is 5.91 Å². The Morgan fingerprint density at radius 2 is 2.12 bits per heavy atom. The van der Waals surface area contributed by atoms with Crippen LogP contribution in [0.2, 0.25) is 0 Å². The summed E-state index contributed by atoms with van der Waals surface area (Å²) < 4.78 is 5.29. The van der Waals surface area contributed by atoms with Crippen LogP contribution in [0.3, 0.4) is 0 Å². The first-order chi connectivity index (χ1) is 12.7. The number of aryl methyl sites for hydroxylation is 1. The lowest BCUT2D eigenvalue weighted by Gasteiger charge is -2.08. The molecular weight excluding hydrogens is 330 g/mol. The van der Waals surface area contributed by atoms with Gasteiger partial charge in [-0.1, -0.05) is 11.2 Å². The van der Waals surface area contributed by atoms with E-state index in [0.29, 0.717) is 34.6 Å². The topological polar surface area (TPSA) is 93.8 Å². The van der Waals surface area contributed by atoms with Crippen molar-refractivity contribution in [3.05, 3.63) is 71.9 Å². The molecule has 1 amide bonds. The number of hydrogen-bond donors (Lipinski definition) is 1. The molecule has 128 valence electrons. The summed E-state index contributed by atoms with van der Waals surface area (Å²) in [6, 6.07) is 11.0. The highest BCUT2D eigenvalue weighted by Gasteiger charge is 2.19. The third kappa shape index (κ3) is 3.02. The van der Waals surface area contributed by atoms with E-state index >= 15 is 0 Å². The van der Waals surface area contributed by atoms with E-state index in [0.717, 1.165) is 11.3 Å². The summed E-state index contributed by atoms with van der Waals surface area (Å²) in [6.07, 6.45) is 5.06. The molecule has 0 atom stereocenters. The van der Waals surface area contributed by atoms with Crippen LogP contribution in [0.5, 0.6) is 0 Å². The van der Waals surface area contributed by atoms with Crippen LogP contribution >= 0.6 is 0 Å². The SMILES string of the molecule is Cc1noc2nc(-c3cccnc3)cc(C(=O)NCc3ccccn3)c12. The quantitative estimate of drug-likeness (QED) is 0.611. The standard InChI is InChI=1S/C19H15N5O2/c1-12-17-15(18(25)22-11-14-6-2-3-8-21-14)9-16(23-19(17)26-24-12)13-5-4-7-20-10-13/h2-10H,11H2,1H3,(H,22,25). The molecule has 4 aromatic heterocycles. The van der Waals surface area contributed by atoms with Crippen molar-refractivity contribution in [2.75, 3.05) is 0 Å². The third-order valence-electron chi connectivity index (χ3n) is 3.98. The van der Waals surface area contributed by atoms with Crippen molar-refractivity contribution in [1.82, 2.24) is 25.4 Å². The van der Waals surface area contributed by atoms with Crippen LogP contribution in [-0.2, 0) is 6.54 Å². The van der Waals surface area contributed by atoms with E-state index in [9.17, 15) is 4.79 Å². The smallest absolute Gasteiger partial charge is 0.259 e. The molecule has 7 heteroatoms. The molecule has 0 aliphatic heterocycles. The van der Waals surface area contributed by atoms with Gasteiger partial charge in [-0.2, -0.15) is 0 Å². The zero-order chi connectivity index (χ0) is 17.9. The van der Waals surface area contributed by atoms with Gasteiger partial charge in [-0.15, -0.1) is 0 Å². The van der Waals surface area contributed by atoms with E-state index < -0.39 is 0 Å². The molecular formula is C19H15N5O2. The van der Waals surface area contributed by atoms with E-state index in [2.05, 4.69) is 25.4 Å². The van der Waals surface area contributed by atoms with Gasteiger partial charge >= 0.3 is 0 Å². The number of nitrogens with one attached hydrogen (secondary N) is 1. The molecule has 0 aromatic carbocycles. The van der Waals surface area contributed by atoms with Crippen LogP contribution in [0.1, 0.15) is 21.7 Å². The van der Waals surface area contributed by atoms with Crippen LogP contribution in [0.25, 0.3) is 22.4 Å². The molecule has 0 bridgehead atoms. The predicted octanol–water partition coefficient (Wildman–Crippen LogP) is 2.92. The molecule has 0 aliphatic rings. The summed E-state index contributed by atoms with van der Waals surface area (Å²) >= 11 is 0. The average molecular weight is 345 g/mol. The predicted molar refractivity (Wildman–Crippen MR) is 95.2 cm³/mol. The minimum absolute atomic E-state index is 0.237. The highest BCUT2D eigenvalue weighted by atomic mass is 16.5. The van der Waals surface area contributed by atoms with Crippen LogP contribution in [-0.4, -0.2) is 26.0 Å². The maximum Gasteiger partial charge on any atom is 0.259 e. The fraction of sp³-hybridized carbons (Fsp3) is 0.105. The molecule has 1 N–H and O–H groups in total. The second-order valence-electron chi connectivity index (χ2n) is 5.75. The fourth-order valence-corrected chi connectivity index (χ4v) is 2.70. The van der Waals surface area contributed by atoms with Crippen LogP contribution < -0.4 is 5.32 Å². The highest BCUT2D eigenvalue weighted by Crippen LogP contribution is 2.26. The second-order valence-corrected chi connectivity index (χ2v) is 5.75. The highest BCUT2D eigenvalue weighted by molar-refractivity contribution is 6.06. The summed E-state index contributed by atoms with van der Waals surface area (Å²) in [7, 11) is 0. The number of aromatic nitrogens is 4. The Morgan fingerprint density at radius 3 is 2.88 bits per heavy atom. The lowest BCUT2D eigenvalue weighted by Crippen LogP contribution is -2.23. The van der Waals surface area contributed by atoms with Crippen LogP contribution in [0.4, 0.5) is 0 Å². The molecule has 0 saturated heterocycles. The number of fused-ring (bicyclic) bond motifs is 1. The largest absolute Gasteiger partial charge is 0.346 e. The Kier molecular flexibility index (Phi) is 4.10. The van der Waals surface area contributed by atoms with E-state index in [1.807, 2.05) is 30.3 Å². The van der Waals surface area contributed by atoms with E-state index in [1.165, 1.54) is 0 Å². The molecule has 26 heavy (non-hydrogen) atoms. The maximum absolute atomic E-state index is 12.8. The first-order valence-corrected chi connectivity index (χ1v) is 8.08. The third-order valence-corrected chi connectivity index (χ3v) is 3.98. The maximum atomic E-state index is 12.8. The number of amides is 1. The summed E-state index contributed by atoms with van der Waals surface area (Å²) in [4.78, 5) is 25.6. The lowest BCUT2D eigenvalue weighted by molar-refractivity contribution is 0.0952. The van der Waals surface area contributed by atoms with Crippen LogP contribution in [0.15, 0.2) is 59.5 Å². The summed E-state index contributed by atoms with van der Waals surface area (Å²) in [6.45, 7) is 2.11. The van der Waals surface area contributed by atoms with Crippen molar-refractivity contribution in [2.24, 2.45) is 0 Å². The van der Waals surface area contributed by atoms with Gasteiger partial charge in [0.15, 0.2) is 0 Å². The zero-order valence-electron chi connectivity index (χ0n) is 14.0. The van der Waals surface area contributed by atoms with Gasteiger partial charge < -0.3 is 9.84 Å². The number of carbonyl (C=O) groups is 1. The van der Waals surface area contributed by atoms with Crippen molar-refractivity contribution in [3.8, 4) is 11.3 Å². The summed E-state index contributed by atoms with van der Waals surface area (Å²) in [5, 5.41) is 7.44. The van der Waals surface area contributed by atoms with Gasteiger partial charge in [-0.25, -0.2) is 4.98 Å². The molecule has 4 aromatic rings. The normalized spacial score (nSPS) is 10.8. The lowest BCUT2D eigenvalue weighted by atomic mass is 10.1. The van der Waals surface area contributed by atoms with Crippen molar-refractivity contribution in [3.63, 3.8) is 0 Å². The Hall–Kier alpha value is -3.61. The molecule has 0 saturated carbocycles. The summed E-state index contributed by atoms with van der Waals surface area (Å²) in [5.41, 5.74) is 3.58. The van der Waals surface area contributed by atoms with Gasteiger partial charge in [0, 0.05) is 24.2 Å². The second kappa shape index (κ2) is 6.72. The van der Waals surface area contributed by atoms with Gasteiger partial charge in [-0.3, -0.25) is 14.8 Å². The molecule has 0 aliphatic carbocycles. The van der Waals surface area contributed by atoms with Crippen molar-refractivity contribution in [1.29, 1.82) is 0 Å². The Labute approximate surface area is 149 Å². The number of hydrogen-bond acceptors (Lipinski definition) is 6. The fourth-order valence-electron chi connectivity index (χ4n) is 2.70. The molecule has 0 spiro atoms. The first kappa shape index (κ1) is 15.9. The van der Waals surface area contributed by atoms with Crippen LogP contribution in [0, 0.1) is 6.92 Å². The molecule has 0 unspecified atom stereocenters. The van der Waals surface area contributed by atoms with Gasteiger partial charge in [0.1, 0.15) is 0 Å². The molecule has 0 radical (unpaired) electrons. The Balaban J connectivity index is 1.72. The monoisotopic (exact) mass is 345 g/mol. The van der Waals surface area contributed by atoms with Gasteiger partial charge in [0.2, 0.25) is 0 Å². The Bertz CT molecular complexity index is 1060. The average Bonchev–Trinajstić information content (AvgIpc) is 3.08. The summed E-state index contributed by atoms with van der Waals surface area (Å²) in [5.74, 6) is -0.237. The molecule has 4 heterocycles. The van der Waals surface area contributed by atoms with Crippen molar-refractivity contribution >= 4 is 17.0 Å². The van der Waals surface area contributed by atoms with Gasteiger partial charge in [0.05, 0.1) is 34.6 Å². The van der Waals surface area contributed by atoms with E-state index in [4.69, 9.17) is 4.52 Å². The Morgan fingerprint density at radius 1 is 1.19 bits per heavy atom. The molecule has 4 rings (SSSR count). The molecule has 0 fully saturated rings. The van der Waals surface area contributed by atoms with Crippen molar-refractivity contribution in [2.45, 2.75) is 13.5 Å². The number of nitrogens with zero attached hydrogens (tertiary/aromatic N) is 4.